The van der Waals surface area contributed by atoms with E-state index in [1.807, 2.05) is 29.2 Å². The first-order chi connectivity index (χ1) is 9.02. The zero-order chi connectivity index (χ0) is 14.0. The van der Waals surface area contributed by atoms with Crippen molar-refractivity contribution in [3.05, 3.63) is 35.4 Å². The Bertz CT molecular complexity index is 444. The summed E-state index contributed by atoms with van der Waals surface area (Å²) in [6.45, 7) is 3.84. The van der Waals surface area contributed by atoms with Gasteiger partial charge in [-0.3, -0.25) is 4.79 Å². The Kier molecular flexibility index (Phi) is 4.48. The number of benzene rings is 1. The zero-order valence-electron chi connectivity index (χ0n) is 11.8. The largest absolute Gasteiger partial charge is 0.337 e. The van der Waals surface area contributed by atoms with E-state index in [1.54, 1.807) is 0 Å². The Morgan fingerprint density at radius 2 is 1.95 bits per heavy atom. The molecule has 2 unspecified atom stereocenters. The van der Waals surface area contributed by atoms with Crippen LogP contribution in [0.3, 0.4) is 0 Å². The van der Waals surface area contributed by atoms with Gasteiger partial charge in [0.25, 0.3) is 5.91 Å². The third-order valence-electron chi connectivity index (χ3n) is 3.88. The van der Waals surface area contributed by atoms with Crippen LogP contribution in [-0.2, 0) is 5.88 Å². The Labute approximate surface area is 120 Å². The van der Waals surface area contributed by atoms with Crippen LogP contribution in [0.15, 0.2) is 24.3 Å². The molecule has 1 amide bonds. The highest BCUT2D eigenvalue weighted by molar-refractivity contribution is 6.17. The highest BCUT2D eigenvalue weighted by Crippen LogP contribution is 2.22. The Morgan fingerprint density at radius 3 is 2.42 bits per heavy atom. The number of amides is 1. The van der Waals surface area contributed by atoms with E-state index in [0.717, 1.165) is 24.2 Å². The number of likely N-dealkylation sites (tertiary alicyclic amines) is 1. The van der Waals surface area contributed by atoms with Crippen molar-refractivity contribution in [2.45, 2.75) is 18.8 Å². The van der Waals surface area contributed by atoms with Crippen molar-refractivity contribution in [3.63, 3.8) is 0 Å². The van der Waals surface area contributed by atoms with Gasteiger partial charge >= 0.3 is 0 Å². The fourth-order valence-electron chi connectivity index (χ4n) is 2.71. The number of carbonyl (C=O) groups is 1. The predicted molar refractivity (Wildman–Crippen MR) is 78.5 cm³/mol. The van der Waals surface area contributed by atoms with Crippen molar-refractivity contribution >= 4 is 17.5 Å². The van der Waals surface area contributed by atoms with E-state index in [-0.39, 0.29) is 5.91 Å². The van der Waals surface area contributed by atoms with Crippen molar-refractivity contribution in [3.8, 4) is 0 Å². The highest BCUT2D eigenvalue weighted by Gasteiger charge is 2.33. The topological polar surface area (TPSA) is 23.6 Å². The minimum atomic E-state index is 0.123. The molecule has 4 heteroatoms. The maximum atomic E-state index is 12.4. The van der Waals surface area contributed by atoms with Gasteiger partial charge < -0.3 is 9.80 Å². The Hall–Kier alpha value is -1.06. The molecule has 1 aromatic rings. The van der Waals surface area contributed by atoms with Crippen molar-refractivity contribution in [1.29, 1.82) is 0 Å². The molecule has 104 valence electrons. The fourth-order valence-corrected chi connectivity index (χ4v) is 2.88. The summed E-state index contributed by atoms with van der Waals surface area (Å²) >= 11 is 5.76. The fraction of sp³-hybridized carbons (Fsp3) is 0.533. The highest BCUT2D eigenvalue weighted by atomic mass is 35.5. The van der Waals surface area contributed by atoms with E-state index in [1.165, 1.54) is 0 Å². The second kappa shape index (κ2) is 5.93. The Balaban J connectivity index is 2.08. The van der Waals surface area contributed by atoms with Crippen LogP contribution in [0.25, 0.3) is 0 Å². The summed E-state index contributed by atoms with van der Waals surface area (Å²) in [5.41, 5.74) is 1.79. The first-order valence-corrected chi connectivity index (χ1v) is 7.17. The van der Waals surface area contributed by atoms with Gasteiger partial charge in [0.2, 0.25) is 0 Å². The quantitative estimate of drug-likeness (QED) is 0.794. The number of likely N-dealkylation sites (N-methyl/N-ethyl adjacent to an activating group) is 1. The predicted octanol–water partition coefficient (Wildman–Crippen LogP) is 2.45. The summed E-state index contributed by atoms with van der Waals surface area (Å²) in [4.78, 5) is 16.6. The number of rotatable bonds is 3. The minimum absolute atomic E-state index is 0.123. The SMILES string of the molecule is CC1CN(C(=O)c2ccc(CCl)cc2)CC1N(C)C. The molecule has 0 bridgehead atoms. The van der Waals surface area contributed by atoms with E-state index in [2.05, 4.69) is 25.9 Å². The number of nitrogens with zero attached hydrogens (tertiary/aromatic N) is 2. The monoisotopic (exact) mass is 280 g/mol. The molecule has 2 rings (SSSR count). The molecule has 0 N–H and O–H groups in total. The van der Waals surface area contributed by atoms with E-state index in [4.69, 9.17) is 11.6 Å². The molecule has 1 saturated heterocycles. The van der Waals surface area contributed by atoms with Gasteiger partial charge in [-0.25, -0.2) is 0 Å². The van der Waals surface area contributed by atoms with E-state index < -0.39 is 0 Å². The van der Waals surface area contributed by atoms with Gasteiger partial charge in [0, 0.05) is 30.6 Å². The molecule has 0 radical (unpaired) electrons. The number of hydrogen-bond acceptors (Lipinski definition) is 2. The lowest BCUT2D eigenvalue weighted by atomic mass is 10.1. The summed E-state index contributed by atoms with van der Waals surface area (Å²) < 4.78 is 0. The van der Waals surface area contributed by atoms with Crippen LogP contribution in [0.2, 0.25) is 0 Å². The van der Waals surface area contributed by atoms with Crippen LogP contribution in [0.5, 0.6) is 0 Å². The molecule has 3 nitrogen and oxygen atoms in total. The molecule has 1 aliphatic heterocycles. The molecule has 0 aliphatic carbocycles. The van der Waals surface area contributed by atoms with E-state index in [9.17, 15) is 4.79 Å². The first-order valence-electron chi connectivity index (χ1n) is 6.63. The summed E-state index contributed by atoms with van der Waals surface area (Å²) in [5.74, 6) is 1.12. The maximum absolute atomic E-state index is 12.4. The molecule has 2 atom stereocenters. The molecule has 19 heavy (non-hydrogen) atoms. The first kappa shape index (κ1) is 14.4. The third kappa shape index (κ3) is 3.10. The van der Waals surface area contributed by atoms with Crippen LogP contribution >= 0.6 is 11.6 Å². The van der Waals surface area contributed by atoms with Gasteiger partial charge in [-0.15, -0.1) is 11.6 Å². The standard InChI is InChI=1S/C15H21ClN2O/c1-11-9-18(10-14(11)17(2)3)15(19)13-6-4-12(8-16)5-7-13/h4-7,11,14H,8-10H2,1-3H3. The Morgan fingerprint density at radius 1 is 1.32 bits per heavy atom. The van der Waals surface area contributed by atoms with Crippen LogP contribution in [-0.4, -0.2) is 48.9 Å². The minimum Gasteiger partial charge on any atom is -0.337 e. The van der Waals surface area contributed by atoms with Crippen molar-refractivity contribution in [2.24, 2.45) is 5.92 Å². The molecule has 1 heterocycles. The number of alkyl halides is 1. The molecule has 0 aromatic heterocycles. The van der Waals surface area contributed by atoms with Crippen molar-refractivity contribution in [1.82, 2.24) is 9.80 Å². The maximum Gasteiger partial charge on any atom is 0.253 e. The van der Waals surface area contributed by atoms with Crippen molar-refractivity contribution < 1.29 is 4.79 Å². The average molecular weight is 281 g/mol. The number of carbonyl (C=O) groups excluding carboxylic acids is 1. The van der Waals surface area contributed by atoms with Gasteiger partial charge in [0.05, 0.1) is 0 Å². The second-order valence-corrected chi connectivity index (χ2v) is 5.82. The van der Waals surface area contributed by atoms with Gasteiger partial charge in [-0.2, -0.15) is 0 Å². The lowest BCUT2D eigenvalue weighted by Crippen LogP contribution is -2.35. The van der Waals surface area contributed by atoms with Gasteiger partial charge in [-0.1, -0.05) is 19.1 Å². The van der Waals surface area contributed by atoms with E-state index in [0.29, 0.717) is 17.8 Å². The molecule has 0 saturated carbocycles. The van der Waals surface area contributed by atoms with Crippen LogP contribution in [0.1, 0.15) is 22.8 Å². The molecule has 1 fully saturated rings. The third-order valence-corrected chi connectivity index (χ3v) is 4.19. The lowest BCUT2D eigenvalue weighted by molar-refractivity contribution is 0.0781. The molecule has 1 aliphatic rings. The van der Waals surface area contributed by atoms with Crippen LogP contribution in [0, 0.1) is 5.92 Å². The lowest BCUT2D eigenvalue weighted by Gasteiger charge is -2.22. The summed E-state index contributed by atoms with van der Waals surface area (Å²) in [5, 5.41) is 0. The number of halogens is 1. The summed E-state index contributed by atoms with van der Waals surface area (Å²) in [6.07, 6.45) is 0. The van der Waals surface area contributed by atoms with Gasteiger partial charge in [0.1, 0.15) is 0 Å². The zero-order valence-corrected chi connectivity index (χ0v) is 12.5. The van der Waals surface area contributed by atoms with Gasteiger partial charge in [-0.05, 0) is 37.7 Å². The van der Waals surface area contributed by atoms with Gasteiger partial charge in [0.15, 0.2) is 0 Å². The molecular formula is C15H21ClN2O. The summed E-state index contributed by atoms with van der Waals surface area (Å²) in [7, 11) is 4.15. The molecule has 0 spiro atoms. The van der Waals surface area contributed by atoms with Crippen LogP contribution in [0.4, 0.5) is 0 Å². The van der Waals surface area contributed by atoms with E-state index >= 15 is 0 Å². The smallest absolute Gasteiger partial charge is 0.253 e. The van der Waals surface area contributed by atoms with Crippen LogP contribution < -0.4 is 0 Å². The second-order valence-electron chi connectivity index (χ2n) is 5.55. The average Bonchev–Trinajstić information content (AvgIpc) is 2.80. The van der Waals surface area contributed by atoms with Crippen molar-refractivity contribution in [2.75, 3.05) is 27.2 Å². The summed E-state index contributed by atoms with van der Waals surface area (Å²) in [6, 6.07) is 8.03. The number of hydrogen-bond donors (Lipinski definition) is 0. The molecule has 1 aromatic carbocycles. The molecular weight excluding hydrogens is 260 g/mol. The normalized spacial score (nSPS) is 23.1.